The summed E-state index contributed by atoms with van der Waals surface area (Å²) >= 11 is 0. The number of imidazole rings is 1. The van der Waals surface area contributed by atoms with E-state index in [0.717, 1.165) is 17.7 Å². The van der Waals surface area contributed by atoms with Gasteiger partial charge in [-0.15, -0.1) is 6.42 Å². The van der Waals surface area contributed by atoms with E-state index in [1.165, 1.54) is 23.5 Å². The average molecular weight is 351 g/mol. The van der Waals surface area contributed by atoms with Gasteiger partial charge in [0.2, 0.25) is 0 Å². The number of amides is 1. The van der Waals surface area contributed by atoms with E-state index in [1.807, 2.05) is 0 Å². The number of aromatic nitrogens is 2. The van der Waals surface area contributed by atoms with Crippen LogP contribution in [-0.4, -0.2) is 34.0 Å². The highest BCUT2D eigenvalue weighted by Crippen LogP contribution is 2.23. The van der Waals surface area contributed by atoms with Gasteiger partial charge < -0.3 is 4.90 Å². The summed E-state index contributed by atoms with van der Waals surface area (Å²) in [5, 5.41) is 0. The Morgan fingerprint density at radius 2 is 1.85 bits per heavy atom. The lowest BCUT2D eigenvalue weighted by Gasteiger charge is -2.15. The van der Waals surface area contributed by atoms with Crippen LogP contribution in [0.15, 0.2) is 55.0 Å². The highest BCUT2D eigenvalue weighted by molar-refractivity contribution is 5.93. The van der Waals surface area contributed by atoms with E-state index in [9.17, 15) is 13.6 Å². The predicted octanol–water partition coefficient (Wildman–Crippen LogP) is 3.52. The molecule has 1 heterocycles. The van der Waals surface area contributed by atoms with Gasteiger partial charge in [0.1, 0.15) is 5.69 Å². The Kier molecular flexibility index (Phi) is 4.81. The van der Waals surface area contributed by atoms with Crippen molar-refractivity contribution in [1.82, 2.24) is 14.5 Å². The molecule has 3 aromatic rings. The Morgan fingerprint density at radius 1 is 1.15 bits per heavy atom. The lowest BCUT2D eigenvalue weighted by Crippen LogP contribution is -2.28. The predicted molar refractivity (Wildman–Crippen MR) is 94.7 cm³/mol. The zero-order chi connectivity index (χ0) is 18.7. The molecule has 3 rings (SSSR count). The van der Waals surface area contributed by atoms with Crippen molar-refractivity contribution in [2.45, 2.75) is 0 Å². The van der Waals surface area contributed by atoms with E-state index < -0.39 is 11.6 Å². The fourth-order valence-electron chi connectivity index (χ4n) is 2.55. The van der Waals surface area contributed by atoms with Crippen LogP contribution in [0.2, 0.25) is 0 Å². The first kappa shape index (κ1) is 17.4. The molecule has 0 radical (unpaired) electrons. The topological polar surface area (TPSA) is 38.1 Å². The number of rotatable bonds is 4. The van der Waals surface area contributed by atoms with Gasteiger partial charge in [-0.05, 0) is 35.4 Å². The van der Waals surface area contributed by atoms with E-state index in [2.05, 4.69) is 10.9 Å². The summed E-state index contributed by atoms with van der Waals surface area (Å²) in [5.74, 6) is 0.393. The summed E-state index contributed by atoms with van der Waals surface area (Å²) in [6.45, 7) is 0.194. The van der Waals surface area contributed by atoms with Crippen LogP contribution in [0.25, 0.3) is 16.8 Å². The van der Waals surface area contributed by atoms with Crippen molar-refractivity contribution in [1.29, 1.82) is 0 Å². The minimum absolute atomic E-state index is 0.194. The molecular weight excluding hydrogens is 336 g/mol. The van der Waals surface area contributed by atoms with Crippen molar-refractivity contribution in [2.24, 2.45) is 0 Å². The summed E-state index contributed by atoms with van der Waals surface area (Å²) in [4.78, 5) is 17.9. The first-order chi connectivity index (χ1) is 12.5. The fraction of sp³-hybridized carbons (Fsp3) is 0.100. The lowest BCUT2D eigenvalue weighted by molar-refractivity contribution is 0.0805. The number of carbonyl (C=O) groups excluding carboxylic acids is 1. The van der Waals surface area contributed by atoms with Crippen LogP contribution < -0.4 is 0 Å². The average Bonchev–Trinajstić information content (AvgIpc) is 3.13. The van der Waals surface area contributed by atoms with Crippen LogP contribution in [0.1, 0.15) is 10.5 Å². The number of hydrogen-bond acceptors (Lipinski definition) is 2. The highest BCUT2D eigenvalue weighted by Gasteiger charge is 2.16. The van der Waals surface area contributed by atoms with Crippen LogP contribution in [0.4, 0.5) is 8.78 Å². The number of hydrogen-bond donors (Lipinski definition) is 0. The second-order valence-corrected chi connectivity index (χ2v) is 5.69. The minimum atomic E-state index is -0.898. The van der Waals surface area contributed by atoms with Gasteiger partial charge in [0.05, 0.1) is 19.1 Å². The van der Waals surface area contributed by atoms with Crippen molar-refractivity contribution >= 4 is 5.91 Å². The molecule has 6 heteroatoms. The molecule has 1 aromatic heterocycles. The lowest BCUT2D eigenvalue weighted by atomic mass is 10.1. The molecule has 0 atom stereocenters. The normalized spacial score (nSPS) is 10.4. The van der Waals surface area contributed by atoms with Crippen LogP contribution in [-0.2, 0) is 0 Å². The minimum Gasteiger partial charge on any atom is -0.329 e. The van der Waals surface area contributed by atoms with Gasteiger partial charge in [-0.1, -0.05) is 24.1 Å². The van der Waals surface area contributed by atoms with Crippen LogP contribution in [0.5, 0.6) is 0 Å². The number of nitrogens with zero attached hydrogens (tertiary/aromatic N) is 3. The Bertz CT molecular complexity index is 987. The fourth-order valence-corrected chi connectivity index (χ4v) is 2.55. The van der Waals surface area contributed by atoms with Gasteiger partial charge in [-0.25, -0.2) is 13.8 Å². The molecule has 0 aliphatic carbocycles. The van der Waals surface area contributed by atoms with Crippen LogP contribution in [0, 0.1) is 24.0 Å². The standard InChI is InChI=1S/C20H15F2N3O/c1-3-10-24(2)20(26)19-12-23-13-25(19)16-7-4-14(5-8-16)15-6-9-17(21)18(22)11-15/h1,4-9,11-13H,10H2,2H3. The molecule has 0 unspecified atom stereocenters. The van der Waals surface area contributed by atoms with E-state index in [-0.39, 0.29) is 12.5 Å². The van der Waals surface area contributed by atoms with Crippen molar-refractivity contribution in [3.05, 3.63) is 72.3 Å². The molecule has 2 aromatic carbocycles. The summed E-state index contributed by atoms with van der Waals surface area (Å²) < 4.78 is 28.1. The maximum atomic E-state index is 13.4. The van der Waals surface area contributed by atoms with Crippen molar-refractivity contribution in [3.63, 3.8) is 0 Å². The van der Waals surface area contributed by atoms with Crippen LogP contribution >= 0.6 is 0 Å². The van der Waals surface area contributed by atoms with E-state index >= 15 is 0 Å². The Labute approximate surface area is 149 Å². The smallest absolute Gasteiger partial charge is 0.273 e. The van der Waals surface area contributed by atoms with E-state index in [0.29, 0.717) is 16.9 Å². The zero-order valence-corrected chi connectivity index (χ0v) is 14.0. The largest absolute Gasteiger partial charge is 0.329 e. The molecule has 0 N–H and O–H groups in total. The highest BCUT2D eigenvalue weighted by atomic mass is 19.2. The van der Waals surface area contributed by atoms with Gasteiger partial charge in [0.25, 0.3) is 5.91 Å². The molecular formula is C20H15F2N3O. The number of terminal acetylenes is 1. The second kappa shape index (κ2) is 7.19. The molecule has 0 spiro atoms. The molecule has 26 heavy (non-hydrogen) atoms. The Morgan fingerprint density at radius 3 is 2.50 bits per heavy atom. The summed E-state index contributed by atoms with van der Waals surface area (Å²) in [6.07, 6.45) is 8.25. The maximum Gasteiger partial charge on any atom is 0.273 e. The van der Waals surface area contributed by atoms with Crippen molar-refractivity contribution in [2.75, 3.05) is 13.6 Å². The summed E-state index contributed by atoms with van der Waals surface area (Å²) in [6, 6.07) is 10.8. The number of benzene rings is 2. The first-order valence-corrected chi connectivity index (χ1v) is 7.78. The molecule has 0 aliphatic heterocycles. The molecule has 0 aliphatic rings. The Hall–Kier alpha value is -3.46. The van der Waals surface area contributed by atoms with Gasteiger partial charge in [-0.3, -0.25) is 9.36 Å². The first-order valence-electron chi connectivity index (χ1n) is 7.78. The monoisotopic (exact) mass is 351 g/mol. The van der Waals surface area contributed by atoms with Crippen molar-refractivity contribution < 1.29 is 13.6 Å². The number of carbonyl (C=O) groups is 1. The third-order valence-corrected chi connectivity index (χ3v) is 3.93. The third-order valence-electron chi connectivity index (χ3n) is 3.93. The number of halogens is 2. The van der Waals surface area contributed by atoms with E-state index in [4.69, 9.17) is 6.42 Å². The van der Waals surface area contributed by atoms with Crippen LogP contribution in [0.3, 0.4) is 0 Å². The molecule has 1 amide bonds. The van der Waals surface area contributed by atoms with Gasteiger partial charge in [-0.2, -0.15) is 0 Å². The zero-order valence-electron chi connectivity index (χ0n) is 14.0. The summed E-state index contributed by atoms with van der Waals surface area (Å²) in [7, 11) is 1.62. The van der Waals surface area contributed by atoms with Crippen molar-refractivity contribution in [3.8, 4) is 29.2 Å². The maximum absolute atomic E-state index is 13.4. The molecule has 0 saturated heterocycles. The molecule has 0 bridgehead atoms. The van der Waals surface area contributed by atoms with Gasteiger partial charge in [0.15, 0.2) is 11.6 Å². The summed E-state index contributed by atoms with van der Waals surface area (Å²) in [5.41, 5.74) is 2.38. The van der Waals surface area contributed by atoms with Gasteiger partial charge in [0, 0.05) is 12.7 Å². The molecule has 0 saturated carbocycles. The molecule has 4 nitrogen and oxygen atoms in total. The van der Waals surface area contributed by atoms with E-state index in [1.54, 1.807) is 35.9 Å². The Balaban J connectivity index is 1.90. The molecule has 130 valence electrons. The SMILES string of the molecule is C#CCN(C)C(=O)c1cncn1-c1ccc(-c2ccc(F)c(F)c2)cc1. The third kappa shape index (κ3) is 3.33. The quantitative estimate of drug-likeness (QED) is 0.675. The second-order valence-electron chi connectivity index (χ2n) is 5.69. The molecule has 0 fully saturated rings. The van der Waals surface area contributed by atoms with Gasteiger partial charge >= 0.3 is 0 Å².